The Labute approximate surface area is 175 Å². The summed E-state index contributed by atoms with van der Waals surface area (Å²) >= 11 is 4.70. The Balaban J connectivity index is -0.000000795. The Morgan fingerprint density at radius 3 is 1.85 bits per heavy atom. The van der Waals surface area contributed by atoms with Gasteiger partial charge in [0.2, 0.25) is 0 Å². The van der Waals surface area contributed by atoms with Crippen LogP contribution in [0, 0.1) is 29.6 Å². The van der Waals surface area contributed by atoms with E-state index < -0.39 is 0 Å². The SMILES string of the molecule is CC.CC.CC.CC(CCCC1CC(C)CCC1C)CCC(S)C(C)C. The molecule has 0 heterocycles. The molecule has 0 amide bonds. The minimum atomic E-state index is 0.594. The molecule has 26 heavy (non-hydrogen) atoms. The first-order valence-corrected chi connectivity index (χ1v) is 12.6. The van der Waals surface area contributed by atoms with Crippen LogP contribution in [0.1, 0.15) is 128 Å². The van der Waals surface area contributed by atoms with Gasteiger partial charge in [-0.05, 0) is 48.9 Å². The van der Waals surface area contributed by atoms with E-state index in [2.05, 4.69) is 34.6 Å². The van der Waals surface area contributed by atoms with E-state index in [0.29, 0.717) is 5.25 Å². The lowest BCUT2D eigenvalue weighted by Crippen LogP contribution is -2.21. The zero-order valence-electron chi connectivity index (χ0n) is 20.6. The molecular weight excluding hydrogens is 332 g/mol. The molecule has 0 aromatic rings. The number of rotatable bonds is 8. The molecule has 1 aliphatic rings. The summed E-state index contributed by atoms with van der Waals surface area (Å²) in [5, 5.41) is 0.594. The monoisotopic (exact) mass is 388 g/mol. The molecule has 0 aliphatic heterocycles. The second-order valence-corrected chi connectivity index (χ2v) is 8.74. The van der Waals surface area contributed by atoms with Gasteiger partial charge in [-0.25, -0.2) is 0 Å². The van der Waals surface area contributed by atoms with Crippen molar-refractivity contribution in [3.63, 3.8) is 0 Å². The van der Waals surface area contributed by atoms with E-state index in [1.807, 2.05) is 41.5 Å². The van der Waals surface area contributed by atoms with E-state index in [0.717, 1.165) is 29.6 Å². The average molecular weight is 389 g/mol. The van der Waals surface area contributed by atoms with Crippen molar-refractivity contribution >= 4 is 12.6 Å². The minimum Gasteiger partial charge on any atom is -0.176 e. The molecule has 5 unspecified atom stereocenters. The Morgan fingerprint density at radius 2 is 1.35 bits per heavy atom. The maximum atomic E-state index is 4.70. The molecule has 0 nitrogen and oxygen atoms in total. The van der Waals surface area contributed by atoms with E-state index in [4.69, 9.17) is 12.6 Å². The number of thiol groups is 1. The zero-order chi connectivity index (χ0) is 21.1. The van der Waals surface area contributed by atoms with Crippen LogP contribution in [-0.2, 0) is 0 Å². The van der Waals surface area contributed by atoms with Crippen LogP contribution in [0.4, 0.5) is 0 Å². The predicted molar refractivity (Wildman–Crippen MR) is 130 cm³/mol. The van der Waals surface area contributed by atoms with Crippen molar-refractivity contribution in [1.82, 2.24) is 0 Å². The van der Waals surface area contributed by atoms with Crippen LogP contribution in [-0.4, -0.2) is 5.25 Å². The summed E-state index contributed by atoms with van der Waals surface area (Å²) in [5.74, 6) is 4.57. The molecule has 0 saturated heterocycles. The lowest BCUT2D eigenvalue weighted by molar-refractivity contribution is 0.186. The van der Waals surface area contributed by atoms with Gasteiger partial charge in [-0.2, -0.15) is 12.6 Å². The van der Waals surface area contributed by atoms with Crippen molar-refractivity contribution < 1.29 is 0 Å². The Bertz CT molecular complexity index is 249. The van der Waals surface area contributed by atoms with E-state index in [1.54, 1.807) is 0 Å². The largest absolute Gasteiger partial charge is 0.176 e. The summed E-state index contributed by atoms with van der Waals surface area (Å²) < 4.78 is 0. The summed E-state index contributed by atoms with van der Waals surface area (Å²) in [6.07, 6.45) is 11.4. The van der Waals surface area contributed by atoms with Crippen LogP contribution in [0.25, 0.3) is 0 Å². The standard InChI is InChI=1S/C19H38S.3C2H6/c1-14(2)19(20)12-10-15(3)7-6-8-18-13-16(4)9-11-17(18)5;3*1-2/h14-20H,6-13H2,1-5H3;3*1-2H3. The molecule has 162 valence electrons. The summed E-state index contributed by atoms with van der Waals surface area (Å²) in [5.41, 5.74) is 0. The van der Waals surface area contributed by atoms with Gasteiger partial charge in [0.25, 0.3) is 0 Å². The van der Waals surface area contributed by atoms with Gasteiger partial charge < -0.3 is 0 Å². The first-order valence-electron chi connectivity index (χ1n) is 12.1. The Hall–Kier alpha value is 0.350. The molecular formula is C25H56S. The number of hydrogen-bond donors (Lipinski definition) is 1. The molecule has 0 bridgehead atoms. The third-order valence-electron chi connectivity index (χ3n) is 5.62. The summed E-state index contributed by atoms with van der Waals surface area (Å²) in [7, 11) is 0. The predicted octanol–water partition coefficient (Wildman–Crippen LogP) is 9.68. The van der Waals surface area contributed by atoms with Crippen LogP contribution >= 0.6 is 12.6 Å². The van der Waals surface area contributed by atoms with Crippen molar-refractivity contribution in [2.45, 2.75) is 133 Å². The van der Waals surface area contributed by atoms with Crippen molar-refractivity contribution in [3.05, 3.63) is 0 Å². The molecule has 1 rings (SSSR count). The van der Waals surface area contributed by atoms with Gasteiger partial charge in [0.1, 0.15) is 0 Å². The number of hydrogen-bond acceptors (Lipinski definition) is 1. The minimum absolute atomic E-state index is 0.594. The molecule has 1 saturated carbocycles. The third kappa shape index (κ3) is 16.5. The van der Waals surface area contributed by atoms with Crippen molar-refractivity contribution in [1.29, 1.82) is 0 Å². The van der Waals surface area contributed by atoms with Crippen molar-refractivity contribution in [2.24, 2.45) is 29.6 Å². The van der Waals surface area contributed by atoms with E-state index in [-0.39, 0.29) is 0 Å². The molecule has 0 N–H and O–H groups in total. The first kappa shape index (κ1) is 31.1. The van der Waals surface area contributed by atoms with Gasteiger partial charge in [-0.3, -0.25) is 0 Å². The highest BCUT2D eigenvalue weighted by Crippen LogP contribution is 2.36. The highest BCUT2D eigenvalue weighted by atomic mass is 32.1. The molecule has 0 spiro atoms. The summed E-state index contributed by atoms with van der Waals surface area (Å²) in [4.78, 5) is 0. The topological polar surface area (TPSA) is 0 Å². The molecule has 1 aliphatic carbocycles. The Kier molecular flexibility index (Phi) is 25.9. The van der Waals surface area contributed by atoms with Gasteiger partial charge >= 0.3 is 0 Å². The van der Waals surface area contributed by atoms with Crippen LogP contribution in [0.2, 0.25) is 0 Å². The quantitative estimate of drug-likeness (QED) is 0.393. The smallest absolute Gasteiger partial charge is 0.00399 e. The van der Waals surface area contributed by atoms with Crippen LogP contribution in [0.15, 0.2) is 0 Å². The van der Waals surface area contributed by atoms with Crippen molar-refractivity contribution in [2.75, 3.05) is 0 Å². The average Bonchev–Trinajstić information content (AvgIpc) is 2.67. The highest BCUT2D eigenvalue weighted by molar-refractivity contribution is 7.81. The maximum Gasteiger partial charge on any atom is 0.00399 e. The first-order chi connectivity index (χ1) is 12.4. The van der Waals surface area contributed by atoms with Crippen LogP contribution < -0.4 is 0 Å². The molecule has 0 radical (unpaired) electrons. The highest BCUT2D eigenvalue weighted by Gasteiger charge is 2.25. The fourth-order valence-electron chi connectivity index (χ4n) is 3.71. The van der Waals surface area contributed by atoms with Crippen LogP contribution in [0.5, 0.6) is 0 Å². The summed E-state index contributed by atoms with van der Waals surface area (Å²) in [6, 6.07) is 0. The molecule has 5 atom stereocenters. The van der Waals surface area contributed by atoms with Gasteiger partial charge in [0.15, 0.2) is 0 Å². The van der Waals surface area contributed by atoms with E-state index in [9.17, 15) is 0 Å². The van der Waals surface area contributed by atoms with Gasteiger partial charge in [0, 0.05) is 5.25 Å². The summed E-state index contributed by atoms with van der Waals surface area (Å²) in [6.45, 7) is 23.9. The molecule has 1 heteroatoms. The lowest BCUT2D eigenvalue weighted by Gasteiger charge is -2.33. The van der Waals surface area contributed by atoms with Crippen LogP contribution in [0.3, 0.4) is 0 Å². The zero-order valence-corrected chi connectivity index (χ0v) is 21.5. The van der Waals surface area contributed by atoms with E-state index in [1.165, 1.54) is 51.4 Å². The Morgan fingerprint density at radius 1 is 0.808 bits per heavy atom. The third-order valence-corrected chi connectivity index (χ3v) is 6.48. The second-order valence-electron chi connectivity index (χ2n) is 8.08. The van der Waals surface area contributed by atoms with E-state index >= 15 is 0 Å². The van der Waals surface area contributed by atoms with Gasteiger partial charge in [-0.1, -0.05) is 108 Å². The fourth-order valence-corrected chi connectivity index (χ4v) is 3.86. The molecule has 0 aromatic carbocycles. The lowest BCUT2D eigenvalue weighted by atomic mass is 9.73. The second kappa shape index (κ2) is 21.6. The van der Waals surface area contributed by atoms with Gasteiger partial charge in [-0.15, -0.1) is 0 Å². The maximum absolute atomic E-state index is 4.70. The van der Waals surface area contributed by atoms with Gasteiger partial charge in [0.05, 0.1) is 0 Å². The normalized spacial score (nSPS) is 24.1. The fraction of sp³-hybridized carbons (Fsp3) is 1.00. The molecule has 1 fully saturated rings. The molecule has 0 aromatic heterocycles. The van der Waals surface area contributed by atoms with Crippen molar-refractivity contribution in [3.8, 4) is 0 Å².